The van der Waals surface area contributed by atoms with Crippen LogP contribution in [0, 0.1) is 13.8 Å². The lowest BCUT2D eigenvalue weighted by Gasteiger charge is -2.43. The number of hydrogen-bond donors (Lipinski definition) is 0. The van der Waals surface area contributed by atoms with Crippen molar-refractivity contribution in [2.24, 2.45) is 0 Å². The molecule has 2 amide bonds. The van der Waals surface area contributed by atoms with Crippen molar-refractivity contribution in [1.29, 1.82) is 0 Å². The molecule has 3 heterocycles. The van der Waals surface area contributed by atoms with Crippen molar-refractivity contribution in [3.63, 3.8) is 0 Å². The molecule has 2 aliphatic heterocycles. The van der Waals surface area contributed by atoms with Crippen molar-refractivity contribution in [1.82, 2.24) is 20.1 Å². The number of nitrogens with zero attached hydrogens (tertiary/aromatic N) is 4. The minimum absolute atomic E-state index is 0.0509. The lowest BCUT2D eigenvalue weighted by molar-refractivity contribution is -0.167. The van der Waals surface area contributed by atoms with Crippen molar-refractivity contribution in [2.45, 2.75) is 32.3 Å². The Kier molecular flexibility index (Phi) is 7.70. The van der Waals surface area contributed by atoms with Crippen LogP contribution in [0.25, 0.3) is 0 Å². The summed E-state index contributed by atoms with van der Waals surface area (Å²) in [6.45, 7) is 6.76. The molecule has 4 rings (SSSR count). The summed E-state index contributed by atoms with van der Waals surface area (Å²) >= 11 is 6.13. The molecule has 0 radical (unpaired) electrons. The van der Waals surface area contributed by atoms with Gasteiger partial charge in [0.05, 0.1) is 39.2 Å². The molecular weight excluding hydrogens is 464 g/mol. The van der Waals surface area contributed by atoms with E-state index in [9.17, 15) is 9.59 Å². The third-order valence-electron chi connectivity index (χ3n) is 6.13. The van der Waals surface area contributed by atoms with E-state index in [2.05, 4.69) is 10.3 Å². The Labute approximate surface area is 203 Å². The molecule has 2 aromatic rings. The molecule has 1 atom stereocenters. The van der Waals surface area contributed by atoms with E-state index in [0.29, 0.717) is 61.6 Å². The second-order valence-electron chi connectivity index (χ2n) is 8.69. The fraction of sp³-hybridized carbons (Fsp3) is 0.565. The summed E-state index contributed by atoms with van der Waals surface area (Å²) in [6.07, 6.45) is 0.161. The first-order valence-corrected chi connectivity index (χ1v) is 11.7. The molecule has 0 unspecified atom stereocenters. The van der Waals surface area contributed by atoms with Crippen LogP contribution in [0.2, 0.25) is 5.02 Å². The number of aryl methyl sites for hydroxylation is 2. The maximum Gasteiger partial charge on any atom is 0.228 e. The first kappa shape index (κ1) is 24.4. The van der Waals surface area contributed by atoms with Crippen LogP contribution in [0.4, 0.5) is 0 Å². The molecule has 1 aromatic heterocycles. The van der Waals surface area contributed by atoms with Gasteiger partial charge in [0, 0.05) is 24.7 Å². The van der Waals surface area contributed by atoms with Gasteiger partial charge in [0.1, 0.15) is 29.3 Å². The topological polar surface area (TPSA) is 107 Å². The molecule has 11 heteroatoms. The van der Waals surface area contributed by atoms with E-state index in [0.717, 1.165) is 5.56 Å². The molecule has 0 saturated carbocycles. The molecule has 34 heavy (non-hydrogen) atoms. The van der Waals surface area contributed by atoms with Gasteiger partial charge in [0.15, 0.2) is 0 Å². The average Bonchev–Trinajstić information content (AvgIpc) is 3.24. The maximum absolute atomic E-state index is 13.1. The third kappa shape index (κ3) is 5.86. The van der Waals surface area contributed by atoms with E-state index in [4.69, 9.17) is 30.4 Å². The number of benzene rings is 1. The van der Waals surface area contributed by atoms with Crippen LogP contribution in [0.3, 0.4) is 0 Å². The number of ether oxygens (including phenoxy) is 3. The molecule has 2 fully saturated rings. The summed E-state index contributed by atoms with van der Waals surface area (Å²) in [5, 5.41) is 8.20. The van der Waals surface area contributed by atoms with Gasteiger partial charge in [0.25, 0.3) is 0 Å². The Hall–Kier alpha value is -2.69. The summed E-state index contributed by atoms with van der Waals surface area (Å²) in [6, 6.07) is 5.38. The predicted molar refractivity (Wildman–Crippen MR) is 122 cm³/mol. The highest BCUT2D eigenvalue weighted by Crippen LogP contribution is 2.28. The number of hydrogen-bond acceptors (Lipinski definition) is 8. The van der Waals surface area contributed by atoms with Gasteiger partial charge in [-0.05, 0) is 37.6 Å². The Bertz CT molecular complexity index is 1020. The van der Waals surface area contributed by atoms with E-state index < -0.39 is 5.60 Å². The molecule has 1 aromatic carbocycles. The smallest absolute Gasteiger partial charge is 0.228 e. The highest BCUT2D eigenvalue weighted by atomic mass is 35.5. The average molecular weight is 493 g/mol. The molecule has 0 bridgehead atoms. The lowest BCUT2D eigenvalue weighted by atomic mass is 9.96. The molecular formula is C23H29ClN4O6. The fourth-order valence-electron chi connectivity index (χ4n) is 4.09. The van der Waals surface area contributed by atoms with Gasteiger partial charge in [-0.3, -0.25) is 9.59 Å². The Morgan fingerprint density at radius 1 is 1.09 bits per heavy atom. The van der Waals surface area contributed by atoms with Crippen molar-refractivity contribution in [3.8, 4) is 5.75 Å². The normalized spacial score (nSPS) is 20.9. The van der Waals surface area contributed by atoms with Gasteiger partial charge in [0.2, 0.25) is 11.8 Å². The van der Waals surface area contributed by atoms with E-state index in [-0.39, 0.29) is 37.8 Å². The van der Waals surface area contributed by atoms with Crippen LogP contribution in [0.15, 0.2) is 22.8 Å². The standard InChI is InChI=1S/C23H29ClN4O6/c1-16-11-18(3-4-19(16)24)32-15-23(13-22(30)27-5-8-31-9-6-27)14-28(7-10-33-23)21(29)12-20-17(2)25-34-26-20/h3-4,11H,5-10,12-15H2,1-2H3/t23-/m0/s1. The minimum atomic E-state index is -0.992. The van der Waals surface area contributed by atoms with Gasteiger partial charge in [-0.2, -0.15) is 0 Å². The maximum atomic E-state index is 13.1. The number of carbonyl (C=O) groups excluding carboxylic acids is 2. The number of rotatable bonds is 7. The van der Waals surface area contributed by atoms with Crippen LogP contribution in [-0.4, -0.2) is 90.1 Å². The van der Waals surface area contributed by atoms with E-state index >= 15 is 0 Å². The number of halogens is 1. The Morgan fingerprint density at radius 3 is 2.56 bits per heavy atom. The zero-order valence-corrected chi connectivity index (χ0v) is 20.2. The highest BCUT2D eigenvalue weighted by molar-refractivity contribution is 6.31. The first-order chi connectivity index (χ1) is 16.3. The summed E-state index contributed by atoms with van der Waals surface area (Å²) in [4.78, 5) is 29.7. The first-order valence-electron chi connectivity index (χ1n) is 11.3. The zero-order valence-electron chi connectivity index (χ0n) is 19.4. The van der Waals surface area contributed by atoms with Crippen molar-refractivity contribution < 1.29 is 28.4 Å². The SMILES string of the molecule is Cc1cc(OC[C@]2(CC(=O)N3CCOCC3)CN(C(=O)Cc3nonc3C)CCO2)ccc1Cl. The molecule has 0 N–H and O–H groups in total. The largest absolute Gasteiger partial charge is 0.490 e. The van der Waals surface area contributed by atoms with Crippen LogP contribution in [0.5, 0.6) is 5.75 Å². The zero-order chi connectivity index (χ0) is 24.1. The second kappa shape index (κ2) is 10.7. The van der Waals surface area contributed by atoms with Crippen LogP contribution < -0.4 is 4.74 Å². The van der Waals surface area contributed by atoms with Gasteiger partial charge in [-0.25, -0.2) is 4.63 Å². The summed E-state index contributed by atoms with van der Waals surface area (Å²) in [7, 11) is 0. The summed E-state index contributed by atoms with van der Waals surface area (Å²) in [5.74, 6) is 0.439. The monoisotopic (exact) mass is 492 g/mol. The fourth-order valence-corrected chi connectivity index (χ4v) is 4.21. The molecule has 0 spiro atoms. The number of amides is 2. The predicted octanol–water partition coefficient (Wildman–Crippen LogP) is 1.81. The Balaban J connectivity index is 1.50. The van der Waals surface area contributed by atoms with Gasteiger partial charge >= 0.3 is 0 Å². The Morgan fingerprint density at radius 2 is 1.85 bits per heavy atom. The van der Waals surface area contributed by atoms with Gasteiger partial charge in [-0.15, -0.1) is 0 Å². The van der Waals surface area contributed by atoms with Gasteiger partial charge < -0.3 is 24.0 Å². The molecule has 0 aliphatic carbocycles. The minimum Gasteiger partial charge on any atom is -0.490 e. The third-order valence-corrected chi connectivity index (χ3v) is 6.56. The molecule has 10 nitrogen and oxygen atoms in total. The second-order valence-corrected chi connectivity index (χ2v) is 9.10. The lowest BCUT2D eigenvalue weighted by Crippen LogP contribution is -2.59. The van der Waals surface area contributed by atoms with Crippen LogP contribution in [0.1, 0.15) is 23.4 Å². The van der Waals surface area contributed by atoms with Crippen molar-refractivity contribution in [3.05, 3.63) is 40.2 Å². The van der Waals surface area contributed by atoms with Crippen LogP contribution in [-0.2, 0) is 25.5 Å². The van der Waals surface area contributed by atoms with E-state index in [1.807, 2.05) is 13.0 Å². The van der Waals surface area contributed by atoms with Gasteiger partial charge in [-0.1, -0.05) is 21.9 Å². The molecule has 2 aliphatic rings. The van der Waals surface area contributed by atoms with Crippen molar-refractivity contribution >= 4 is 23.4 Å². The highest BCUT2D eigenvalue weighted by Gasteiger charge is 2.42. The van der Waals surface area contributed by atoms with E-state index in [1.54, 1.807) is 28.9 Å². The number of carbonyl (C=O) groups is 2. The number of morpholine rings is 2. The van der Waals surface area contributed by atoms with Crippen molar-refractivity contribution in [2.75, 3.05) is 52.6 Å². The molecule has 2 saturated heterocycles. The number of aromatic nitrogens is 2. The quantitative estimate of drug-likeness (QED) is 0.576. The summed E-state index contributed by atoms with van der Waals surface area (Å²) < 4.78 is 22.3. The summed E-state index contributed by atoms with van der Waals surface area (Å²) in [5.41, 5.74) is 0.972. The van der Waals surface area contributed by atoms with Crippen LogP contribution >= 0.6 is 11.6 Å². The van der Waals surface area contributed by atoms with E-state index in [1.165, 1.54) is 0 Å². The molecule has 184 valence electrons.